The van der Waals surface area contributed by atoms with Crippen molar-refractivity contribution in [2.45, 2.75) is 13.0 Å². The average molecular weight is 359 g/mol. The first kappa shape index (κ1) is 19.1. The van der Waals surface area contributed by atoms with E-state index in [0.29, 0.717) is 12.1 Å². The summed E-state index contributed by atoms with van der Waals surface area (Å²) in [5.74, 6) is -2.31. The largest absolute Gasteiger partial charge is 0.340 e. The summed E-state index contributed by atoms with van der Waals surface area (Å²) < 4.78 is 0. The molecule has 2 rings (SSSR count). The fourth-order valence-electron chi connectivity index (χ4n) is 2.46. The molecule has 1 atom stereocenters. The second kappa shape index (κ2) is 8.75. The maximum atomic E-state index is 12.0. The van der Waals surface area contributed by atoms with E-state index >= 15 is 0 Å². The van der Waals surface area contributed by atoms with E-state index in [1.807, 2.05) is 0 Å². The molecule has 9 heteroatoms. The van der Waals surface area contributed by atoms with Gasteiger partial charge in [0, 0.05) is 19.6 Å². The van der Waals surface area contributed by atoms with Crippen LogP contribution in [0.3, 0.4) is 0 Å². The van der Waals surface area contributed by atoms with E-state index in [9.17, 15) is 24.0 Å². The first-order valence-corrected chi connectivity index (χ1v) is 8.08. The lowest BCUT2D eigenvalue weighted by molar-refractivity contribution is -0.153. The zero-order chi connectivity index (χ0) is 19.1. The molecule has 1 aliphatic heterocycles. The van der Waals surface area contributed by atoms with E-state index in [4.69, 9.17) is 0 Å². The standard InChI is InChI=1S/C17H19N4O5/c1-2-20-8-9-21(16(25)15(20)24)17(26)18-10-14(23)19-13(11-22)12-6-4-3-5-7-12/h3-7,13H,2,8-10H2,1H3,(H,18,26)(H,19,23). The number of amides is 5. The van der Waals surface area contributed by atoms with Gasteiger partial charge in [0.1, 0.15) is 6.04 Å². The van der Waals surface area contributed by atoms with Gasteiger partial charge >= 0.3 is 17.8 Å². The van der Waals surface area contributed by atoms with Gasteiger partial charge in [0.05, 0.1) is 6.54 Å². The molecule has 1 aliphatic rings. The van der Waals surface area contributed by atoms with Gasteiger partial charge in [-0.15, -0.1) is 0 Å². The Labute approximate surface area is 150 Å². The summed E-state index contributed by atoms with van der Waals surface area (Å²) in [6.07, 6.45) is 1.72. The molecule has 2 N–H and O–H groups in total. The monoisotopic (exact) mass is 359 g/mol. The number of carbonyl (C=O) groups excluding carboxylic acids is 5. The lowest BCUT2D eigenvalue weighted by Gasteiger charge is -2.31. The van der Waals surface area contributed by atoms with E-state index in [0.717, 1.165) is 4.90 Å². The molecule has 9 nitrogen and oxygen atoms in total. The second-order valence-electron chi connectivity index (χ2n) is 5.53. The fourth-order valence-corrected chi connectivity index (χ4v) is 2.46. The molecular formula is C17H19N4O5. The summed E-state index contributed by atoms with van der Waals surface area (Å²) in [4.78, 5) is 60.8. The number of rotatable bonds is 6. The third-order valence-corrected chi connectivity index (χ3v) is 3.89. The van der Waals surface area contributed by atoms with Crippen molar-refractivity contribution in [3.8, 4) is 0 Å². The number of urea groups is 1. The number of carbonyl (C=O) groups is 4. The van der Waals surface area contributed by atoms with Crippen LogP contribution in [0.2, 0.25) is 0 Å². The molecule has 1 heterocycles. The number of benzene rings is 1. The van der Waals surface area contributed by atoms with E-state index < -0.39 is 36.3 Å². The molecule has 1 aromatic rings. The van der Waals surface area contributed by atoms with E-state index in [1.165, 1.54) is 4.90 Å². The van der Waals surface area contributed by atoms with Crippen molar-refractivity contribution in [2.75, 3.05) is 26.2 Å². The van der Waals surface area contributed by atoms with Crippen molar-refractivity contribution in [3.05, 3.63) is 35.9 Å². The van der Waals surface area contributed by atoms with Crippen LogP contribution < -0.4 is 10.6 Å². The molecule has 137 valence electrons. The molecule has 0 bridgehead atoms. The zero-order valence-corrected chi connectivity index (χ0v) is 14.2. The van der Waals surface area contributed by atoms with Gasteiger partial charge in [0.15, 0.2) is 0 Å². The maximum Gasteiger partial charge on any atom is 0.325 e. The molecule has 1 radical (unpaired) electrons. The van der Waals surface area contributed by atoms with Crippen LogP contribution in [0.4, 0.5) is 4.79 Å². The minimum Gasteiger partial charge on any atom is -0.340 e. The van der Waals surface area contributed by atoms with Gasteiger partial charge in [-0.2, -0.15) is 0 Å². The summed E-state index contributed by atoms with van der Waals surface area (Å²) in [7, 11) is 0. The SMILES string of the molecule is CCN1CCN(C(=O)NCC(=O)NC([C]=O)c2ccccc2)C(=O)C1=O. The summed E-state index contributed by atoms with van der Waals surface area (Å²) >= 11 is 0. The molecule has 0 saturated carbocycles. The predicted octanol–water partition coefficient (Wildman–Crippen LogP) is -0.646. The Balaban J connectivity index is 1.87. The van der Waals surface area contributed by atoms with Gasteiger partial charge in [-0.25, -0.2) is 4.79 Å². The summed E-state index contributed by atoms with van der Waals surface area (Å²) in [5, 5.41) is 4.69. The Morgan fingerprint density at radius 2 is 1.85 bits per heavy atom. The average Bonchev–Trinajstić information content (AvgIpc) is 2.67. The lowest BCUT2D eigenvalue weighted by atomic mass is 10.1. The first-order chi connectivity index (χ1) is 12.5. The Hall–Kier alpha value is -3.23. The Morgan fingerprint density at radius 1 is 1.15 bits per heavy atom. The molecule has 1 saturated heterocycles. The zero-order valence-electron chi connectivity index (χ0n) is 14.2. The number of hydrogen-bond donors (Lipinski definition) is 2. The molecule has 0 aromatic heterocycles. The normalized spacial score (nSPS) is 15.4. The van der Waals surface area contributed by atoms with Crippen molar-refractivity contribution in [3.63, 3.8) is 0 Å². The second-order valence-corrected chi connectivity index (χ2v) is 5.53. The molecule has 26 heavy (non-hydrogen) atoms. The minimum atomic E-state index is -0.961. The van der Waals surface area contributed by atoms with Gasteiger partial charge in [-0.05, 0) is 12.5 Å². The van der Waals surface area contributed by atoms with Gasteiger partial charge < -0.3 is 15.5 Å². The van der Waals surface area contributed by atoms with Gasteiger partial charge in [0.25, 0.3) is 0 Å². The number of nitrogens with zero attached hydrogens (tertiary/aromatic N) is 2. The van der Waals surface area contributed by atoms with Gasteiger partial charge in [0.2, 0.25) is 12.2 Å². The third-order valence-electron chi connectivity index (χ3n) is 3.89. The highest BCUT2D eigenvalue weighted by molar-refractivity contribution is 6.38. The highest BCUT2D eigenvalue weighted by Gasteiger charge is 2.35. The minimum absolute atomic E-state index is 0.0562. The Bertz CT molecular complexity index is 706. The summed E-state index contributed by atoms with van der Waals surface area (Å²) in [6.45, 7) is 1.97. The predicted molar refractivity (Wildman–Crippen MR) is 90.4 cm³/mol. The van der Waals surface area contributed by atoms with Crippen LogP contribution in [0.1, 0.15) is 18.5 Å². The molecule has 1 unspecified atom stereocenters. The summed E-state index contributed by atoms with van der Waals surface area (Å²) in [5.41, 5.74) is 0.554. The molecule has 1 aromatic carbocycles. The van der Waals surface area contributed by atoms with Crippen molar-refractivity contribution < 1.29 is 24.0 Å². The van der Waals surface area contributed by atoms with Crippen LogP contribution in [0.15, 0.2) is 30.3 Å². The number of imide groups is 1. The molecular weight excluding hydrogens is 340 g/mol. The number of nitrogens with one attached hydrogen (secondary N) is 2. The number of piperazine rings is 1. The molecule has 5 amide bonds. The van der Waals surface area contributed by atoms with Crippen LogP contribution >= 0.6 is 0 Å². The van der Waals surface area contributed by atoms with Gasteiger partial charge in [-0.1, -0.05) is 30.3 Å². The van der Waals surface area contributed by atoms with Crippen molar-refractivity contribution in [1.82, 2.24) is 20.4 Å². The van der Waals surface area contributed by atoms with Crippen LogP contribution in [-0.2, 0) is 19.2 Å². The quantitative estimate of drug-likeness (QED) is 0.655. The number of likely N-dealkylation sites (N-methyl/N-ethyl adjacent to an activating group) is 1. The highest BCUT2D eigenvalue weighted by Crippen LogP contribution is 2.09. The fraction of sp³-hybridized carbons (Fsp3) is 0.353. The molecule has 0 spiro atoms. The van der Waals surface area contributed by atoms with Crippen molar-refractivity contribution >= 4 is 30.0 Å². The van der Waals surface area contributed by atoms with Crippen molar-refractivity contribution in [1.29, 1.82) is 0 Å². The van der Waals surface area contributed by atoms with Crippen LogP contribution in [0, 0.1) is 0 Å². The van der Waals surface area contributed by atoms with Crippen molar-refractivity contribution in [2.24, 2.45) is 0 Å². The Morgan fingerprint density at radius 3 is 2.46 bits per heavy atom. The van der Waals surface area contributed by atoms with Gasteiger partial charge in [-0.3, -0.25) is 24.1 Å². The van der Waals surface area contributed by atoms with Crippen LogP contribution in [0.5, 0.6) is 0 Å². The highest BCUT2D eigenvalue weighted by atomic mass is 16.2. The smallest absolute Gasteiger partial charge is 0.325 e. The van der Waals surface area contributed by atoms with E-state index in [2.05, 4.69) is 10.6 Å². The lowest BCUT2D eigenvalue weighted by Crippen LogP contribution is -2.58. The van der Waals surface area contributed by atoms with Crippen LogP contribution in [0.25, 0.3) is 0 Å². The van der Waals surface area contributed by atoms with Crippen LogP contribution in [-0.4, -0.2) is 66.0 Å². The maximum absolute atomic E-state index is 12.0. The van der Waals surface area contributed by atoms with E-state index in [-0.39, 0.29) is 13.1 Å². The summed E-state index contributed by atoms with van der Waals surface area (Å²) in [6, 6.07) is 6.72. The topological polar surface area (TPSA) is 116 Å². The third kappa shape index (κ3) is 4.44. The molecule has 0 aliphatic carbocycles. The molecule has 1 fully saturated rings. The van der Waals surface area contributed by atoms with E-state index in [1.54, 1.807) is 43.5 Å². The first-order valence-electron chi connectivity index (χ1n) is 8.08. The Kier molecular flexibility index (Phi) is 6.42. The number of hydrogen-bond acceptors (Lipinski definition) is 5.